The molecule has 0 amide bonds. The van der Waals surface area contributed by atoms with E-state index in [0.29, 0.717) is 11.3 Å². The lowest BCUT2D eigenvalue weighted by molar-refractivity contribution is 0.336. The number of rotatable bonds is 2. The van der Waals surface area contributed by atoms with Gasteiger partial charge in [0.2, 0.25) is 0 Å². The molecule has 0 unspecified atom stereocenters. The van der Waals surface area contributed by atoms with Crippen LogP contribution in [0.3, 0.4) is 0 Å². The summed E-state index contributed by atoms with van der Waals surface area (Å²) in [7, 11) is 0. The van der Waals surface area contributed by atoms with Crippen molar-refractivity contribution < 1.29 is 4.39 Å². The van der Waals surface area contributed by atoms with Crippen LogP contribution in [0.25, 0.3) is 0 Å². The van der Waals surface area contributed by atoms with Crippen LogP contribution in [0.2, 0.25) is 0 Å². The van der Waals surface area contributed by atoms with Gasteiger partial charge in [0.15, 0.2) is 5.82 Å². The first kappa shape index (κ1) is 10.1. The third-order valence-corrected chi connectivity index (χ3v) is 2.53. The second kappa shape index (κ2) is 4.38. The van der Waals surface area contributed by atoms with Gasteiger partial charge in [0.25, 0.3) is 0 Å². The molecule has 15 heavy (non-hydrogen) atoms. The van der Waals surface area contributed by atoms with Crippen LogP contribution in [-0.4, -0.2) is 18.1 Å². The van der Waals surface area contributed by atoms with Crippen molar-refractivity contribution in [1.29, 1.82) is 0 Å². The van der Waals surface area contributed by atoms with Crippen LogP contribution in [0.1, 0.15) is 18.4 Å². The number of aryl methyl sites for hydroxylation is 1. The van der Waals surface area contributed by atoms with Crippen LogP contribution >= 0.6 is 0 Å². The van der Waals surface area contributed by atoms with E-state index < -0.39 is 0 Å². The van der Waals surface area contributed by atoms with E-state index in [4.69, 9.17) is 0 Å². The SMILES string of the molecule is Cc1cccc(/N=N/N2CCCC2)c1F. The van der Waals surface area contributed by atoms with E-state index in [1.54, 1.807) is 25.1 Å². The van der Waals surface area contributed by atoms with E-state index >= 15 is 0 Å². The zero-order valence-corrected chi connectivity index (χ0v) is 8.78. The lowest BCUT2D eigenvalue weighted by Gasteiger charge is -2.07. The monoisotopic (exact) mass is 207 g/mol. The number of nitrogens with zero attached hydrogens (tertiary/aromatic N) is 3. The van der Waals surface area contributed by atoms with Crippen molar-refractivity contribution in [3.8, 4) is 0 Å². The Hall–Kier alpha value is -1.45. The average Bonchev–Trinajstić information content (AvgIpc) is 2.73. The Bertz CT molecular complexity index is 370. The minimum atomic E-state index is -0.277. The highest BCUT2D eigenvalue weighted by Crippen LogP contribution is 2.21. The summed E-state index contributed by atoms with van der Waals surface area (Å²) in [6.45, 7) is 3.58. The summed E-state index contributed by atoms with van der Waals surface area (Å²) >= 11 is 0. The first-order chi connectivity index (χ1) is 7.27. The molecule has 80 valence electrons. The largest absolute Gasteiger partial charge is 0.278 e. The molecule has 0 N–H and O–H groups in total. The lowest BCUT2D eigenvalue weighted by atomic mass is 10.2. The highest BCUT2D eigenvalue weighted by molar-refractivity contribution is 5.41. The van der Waals surface area contributed by atoms with Crippen LogP contribution < -0.4 is 0 Å². The van der Waals surface area contributed by atoms with Gasteiger partial charge in [0.05, 0.1) is 0 Å². The fourth-order valence-electron chi connectivity index (χ4n) is 1.61. The summed E-state index contributed by atoms with van der Waals surface area (Å²) in [5.74, 6) is -0.277. The van der Waals surface area contributed by atoms with E-state index in [1.165, 1.54) is 0 Å². The molecule has 0 bridgehead atoms. The molecule has 0 atom stereocenters. The normalized spacial score (nSPS) is 16.5. The van der Waals surface area contributed by atoms with Crippen molar-refractivity contribution in [1.82, 2.24) is 5.01 Å². The van der Waals surface area contributed by atoms with Crippen molar-refractivity contribution in [3.63, 3.8) is 0 Å². The van der Waals surface area contributed by atoms with Gasteiger partial charge in [0.1, 0.15) is 5.69 Å². The van der Waals surface area contributed by atoms with Crippen molar-refractivity contribution in [2.24, 2.45) is 10.3 Å². The number of hydrogen-bond acceptors (Lipinski definition) is 2. The van der Waals surface area contributed by atoms with Crippen molar-refractivity contribution in [2.75, 3.05) is 13.1 Å². The van der Waals surface area contributed by atoms with Crippen LogP contribution in [-0.2, 0) is 0 Å². The molecule has 3 nitrogen and oxygen atoms in total. The Morgan fingerprint density at radius 2 is 2.00 bits per heavy atom. The van der Waals surface area contributed by atoms with Crippen LogP contribution in [0.4, 0.5) is 10.1 Å². The standard InChI is InChI=1S/C11H14FN3/c1-9-5-4-6-10(11(9)12)13-14-15-7-2-3-8-15/h4-6H,2-3,7-8H2,1H3/b14-13+. The number of halogens is 1. The molecule has 4 heteroatoms. The molecule has 1 fully saturated rings. The first-order valence-electron chi connectivity index (χ1n) is 5.19. The minimum absolute atomic E-state index is 0.277. The Morgan fingerprint density at radius 3 is 2.73 bits per heavy atom. The van der Waals surface area contributed by atoms with Gasteiger partial charge in [-0.1, -0.05) is 17.4 Å². The van der Waals surface area contributed by atoms with E-state index in [-0.39, 0.29) is 5.82 Å². The third-order valence-electron chi connectivity index (χ3n) is 2.53. The Labute approximate surface area is 88.6 Å². The molecule has 0 radical (unpaired) electrons. The molecule has 1 heterocycles. The maximum atomic E-state index is 13.5. The van der Waals surface area contributed by atoms with Gasteiger partial charge < -0.3 is 0 Å². The van der Waals surface area contributed by atoms with Crippen LogP contribution in [0.5, 0.6) is 0 Å². The highest BCUT2D eigenvalue weighted by Gasteiger charge is 2.09. The quantitative estimate of drug-likeness (QED) is 0.684. The molecule has 0 saturated carbocycles. The van der Waals surface area contributed by atoms with Gasteiger partial charge in [-0.2, -0.15) is 0 Å². The van der Waals surface area contributed by atoms with Crippen molar-refractivity contribution >= 4 is 5.69 Å². The first-order valence-corrected chi connectivity index (χ1v) is 5.19. The summed E-state index contributed by atoms with van der Waals surface area (Å²) in [5.41, 5.74) is 0.926. The molecule has 1 aromatic rings. The van der Waals surface area contributed by atoms with E-state index in [0.717, 1.165) is 25.9 Å². The van der Waals surface area contributed by atoms with E-state index in [1.807, 2.05) is 5.01 Å². The fraction of sp³-hybridized carbons (Fsp3) is 0.455. The smallest absolute Gasteiger partial charge is 0.153 e. The Kier molecular flexibility index (Phi) is 2.94. The lowest BCUT2D eigenvalue weighted by Crippen LogP contribution is -2.09. The molecule has 1 aliphatic rings. The minimum Gasteiger partial charge on any atom is -0.278 e. The van der Waals surface area contributed by atoms with Crippen molar-refractivity contribution in [3.05, 3.63) is 29.6 Å². The summed E-state index contributed by atoms with van der Waals surface area (Å²) in [4.78, 5) is 0. The molecular weight excluding hydrogens is 193 g/mol. The molecule has 1 aliphatic heterocycles. The summed E-state index contributed by atoms with van der Waals surface area (Å²) < 4.78 is 13.5. The number of benzene rings is 1. The van der Waals surface area contributed by atoms with Crippen molar-refractivity contribution in [2.45, 2.75) is 19.8 Å². The van der Waals surface area contributed by atoms with Crippen LogP contribution in [0.15, 0.2) is 28.5 Å². The Balaban J connectivity index is 2.12. The molecule has 0 aromatic heterocycles. The molecule has 1 aromatic carbocycles. The van der Waals surface area contributed by atoms with Gasteiger partial charge in [-0.25, -0.2) is 4.39 Å². The van der Waals surface area contributed by atoms with Gasteiger partial charge in [-0.15, -0.1) is 5.11 Å². The van der Waals surface area contributed by atoms with E-state index in [9.17, 15) is 4.39 Å². The molecule has 0 spiro atoms. The van der Waals surface area contributed by atoms with Crippen LogP contribution in [0, 0.1) is 12.7 Å². The summed E-state index contributed by atoms with van der Waals surface area (Å²) in [6, 6.07) is 5.16. The van der Waals surface area contributed by atoms with Gasteiger partial charge in [-0.05, 0) is 31.4 Å². The predicted octanol–water partition coefficient (Wildman–Crippen LogP) is 3.23. The van der Waals surface area contributed by atoms with Gasteiger partial charge >= 0.3 is 0 Å². The maximum Gasteiger partial charge on any atom is 0.153 e. The summed E-state index contributed by atoms with van der Waals surface area (Å²) in [6.07, 6.45) is 2.30. The molecule has 1 saturated heterocycles. The Morgan fingerprint density at radius 1 is 1.27 bits per heavy atom. The molecule has 2 rings (SSSR count). The zero-order valence-electron chi connectivity index (χ0n) is 8.78. The molecule has 0 aliphatic carbocycles. The second-order valence-corrected chi connectivity index (χ2v) is 3.76. The fourth-order valence-corrected chi connectivity index (χ4v) is 1.61. The molecular formula is C11H14FN3. The van der Waals surface area contributed by atoms with Gasteiger partial charge in [0, 0.05) is 13.1 Å². The third kappa shape index (κ3) is 2.32. The average molecular weight is 207 g/mol. The second-order valence-electron chi connectivity index (χ2n) is 3.76. The highest BCUT2D eigenvalue weighted by atomic mass is 19.1. The summed E-state index contributed by atoms with van der Waals surface area (Å²) in [5, 5.41) is 9.82. The zero-order chi connectivity index (χ0) is 10.7. The van der Waals surface area contributed by atoms with Gasteiger partial charge in [-0.3, -0.25) is 5.01 Å². The van der Waals surface area contributed by atoms with E-state index in [2.05, 4.69) is 10.3 Å². The number of hydrogen-bond donors (Lipinski definition) is 0. The topological polar surface area (TPSA) is 28.0 Å². The maximum absolute atomic E-state index is 13.5. The predicted molar refractivity (Wildman–Crippen MR) is 56.5 cm³/mol.